The minimum atomic E-state index is -2.78. The predicted molar refractivity (Wildman–Crippen MR) is 137 cm³/mol. The number of para-hydroxylation sites is 1. The van der Waals surface area contributed by atoms with Gasteiger partial charge in [-0.1, -0.05) is 18.2 Å². The fraction of sp³-hybridized carbons (Fsp3) is 0.407. The number of amides is 1. The quantitative estimate of drug-likeness (QED) is 0.476. The number of nitrogens with zero attached hydrogens (tertiary/aromatic N) is 2. The number of esters is 1. The first kappa shape index (κ1) is 26.2. The first-order chi connectivity index (χ1) is 17.5. The Morgan fingerprint density at radius 2 is 1.97 bits per heavy atom. The summed E-state index contributed by atoms with van der Waals surface area (Å²) in [7, 11) is 0. The molecule has 1 fully saturated rings. The lowest BCUT2D eigenvalue weighted by Gasteiger charge is -2.26. The predicted octanol–water partition coefficient (Wildman–Crippen LogP) is 4.29. The number of anilines is 1. The maximum absolute atomic E-state index is 14.2. The van der Waals surface area contributed by atoms with Gasteiger partial charge in [-0.25, -0.2) is 18.6 Å². The number of nitrogens with two attached hydrogens (primary N) is 1. The van der Waals surface area contributed by atoms with Crippen LogP contribution < -0.4 is 16.1 Å². The second-order valence-corrected chi connectivity index (χ2v) is 9.34. The number of aromatic nitrogens is 2. The molecule has 0 radical (unpaired) electrons. The summed E-state index contributed by atoms with van der Waals surface area (Å²) >= 11 is 0. The van der Waals surface area contributed by atoms with E-state index in [2.05, 4.69) is 4.98 Å². The van der Waals surface area contributed by atoms with Crippen molar-refractivity contribution in [3.63, 3.8) is 0 Å². The molecule has 3 heterocycles. The third-order valence-corrected chi connectivity index (χ3v) is 6.77. The third kappa shape index (κ3) is 5.19. The molecule has 0 bridgehead atoms. The molecule has 196 valence electrons. The van der Waals surface area contributed by atoms with Gasteiger partial charge in [0.2, 0.25) is 17.3 Å². The Labute approximate surface area is 212 Å². The molecular formula is C27H30F2N4O4. The number of rotatable bonds is 6. The Balaban J connectivity index is 2.02. The van der Waals surface area contributed by atoms with E-state index in [9.17, 15) is 23.2 Å². The lowest BCUT2D eigenvalue weighted by atomic mass is 9.93. The molecule has 0 saturated carbocycles. The van der Waals surface area contributed by atoms with Crippen LogP contribution in [0.4, 0.5) is 14.6 Å². The zero-order valence-corrected chi connectivity index (χ0v) is 21.1. The van der Waals surface area contributed by atoms with Gasteiger partial charge in [0.25, 0.3) is 0 Å². The summed E-state index contributed by atoms with van der Waals surface area (Å²) in [5.74, 6) is -4.92. The number of aryl methyl sites for hydroxylation is 1. The molecule has 1 aliphatic heterocycles. The fourth-order valence-electron chi connectivity index (χ4n) is 4.81. The molecule has 1 aliphatic rings. The molecule has 8 nitrogen and oxygen atoms in total. The van der Waals surface area contributed by atoms with Crippen molar-refractivity contribution in [2.75, 3.05) is 24.6 Å². The van der Waals surface area contributed by atoms with E-state index in [1.807, 2.05) is 24.3 Å². The molecule has 4 rings (SSSR count). The number of aromatic amines is 1. The monoisotopic (exact) mass is 512 g/mol. The summed E-state index contributed by atoms with van der Waals surface area (Å²) in [4.78, 5) is 48.4. The van der Waals surface area contributed by atoms with Gasteiger partial charge >= 0.3 is 5.97 Å². The highest BCUT2D eigenvalue weighted by Gasteiger charge is 2.34. The molecule has 3 aromatic rings. The van der Waals surface area contributed by atoms with E-state index in [0.29, 0.717) is 29.1 Å². The van der Waals surface area contributed by atoms with E-state index in [1.54, 1.807) is 24.8 Å². The number of ether oxygens (including phenoxy) is 1. The number of fused-ring (bicyclic) bond motifs is 1. The van der Waals surface area contributed by atoms with Crippen LogP contribution in [-0.2, 0) is 9.53 Å². The van der Waals surface area contributed by atoms with Crippen molar-refractivity contribution in [1.82, 2.24) is 9.97 Å². The van der Waals surface area contributed by atoms with Gasteiger partial charge < -0.3 is 20.4 Å². The Kier molecular flexibility index (Phi) is 7.29. The second kappa shape index (κ2) is 10.3. The molecule has 2 aromatic heterocycles. The molecule has 1 unspecified atom stereocenters. The van der Waals surface area contributed by atoms with Crippen LogP contribution in [0, 0.1) is 6.92 Å². The number of primary amides is 1. The Morgan fingerprint density at radius 1 is 1.24 bits per heavy atom. The zero-order valence-electron chi connectivity index (χ0n) is 21.1. The van der Waals surface area contributed by atoms with Crippen LogP contribution in [0.3, 0.4) is 0 Å². The highest BCUT2D eigenvalue weighted by molar-refractivity contribution is 6.00. The molecule has 0 spiro atoms. The Bertz CT molecular complexity index is 1420. The molecule has 1 saturated heterocycles. The third-order valence-electron chi connectivity index (χ3n) is 6.77. The van der Waals surface area contributed by atoms with Crippen LogP contribution in [0.2, 0.25) is 0 Å². The summed E-state index contributed by atoms with van der Waals surface area (Å²) in [5.41, 5.74) is 6.17. The van der Waals surface area contributed by atoms with E-state index in [-0.39, 0.29) is 49.2 Å². The van der Waals surface area contributed by atoms with Crippen LogP contribution >= 0.6 is 0 Å². The van der Waals surface area contributed by atoms with Crippen LogP contribution in [0.5, 0.6) is 0 Å². The SMILES string of the molecule is CCOC(=O)c1c(-c2cc3ccccc3nc2N2CCCC(F)(F)CC2)[nH]c(C)c(C(C)C(N)=O)c1=O. The lowest BCUT2D eigenvalue weighted by Crippen LogP contribution is -2.31. The van der Waals surface area contributed by atoms with Crippen molar-refractivity contribution in [2.45, 2.75) is 51.9 Å². The number of hydrogen-bond donors (Lipinski definition) is 2. The van der Waals surface area contributed by atoms with Gasteiger partial charge in [-0.3, -0.25) is 9.59 Å². The number of nitrogens with one attached hydrogen (secondary N) is 1. The van der Waals surface area contributed by atoms with Gasteiger partial charge in [0.05, 0.1) is 23.7 Å². The van der Waals surface area contributed by atoms with Gasteiger partial charge in [0, 0.05) is 48.1 Å². The molecule has 3 N–H and O–H groups in total. The number of carbonyl (C=O) groups is 2. The van der Waals surface area contributed by atoms with Crippen LogP contribution in [-0.4, -0.2) is 47.5 Å². The zero-order chi connectivity index (χ0) is 26.9. The Hall–Kier alpha value is -3.82. The summed E-state index contributed by atoms with van der Waals surface area (Å²) in [5, 5.41) is 0.740. The van der Waals surface area contributed by atoms with Crippen LogP contribution in [0.25, 0.3) is 22.2 Å². The molecule has 37 heavy (non-hydrogen) atoms. The van der Waals surface area contributed by atoms with Gasteiger partial charge in [0.1, 0.15) is 11.4 Å². The van der Waals surface area contributed by atoms with Crippen molar-refractivity contribution in [1.29, 1.82) is 0 Å². The smallest absolute Gasteiger partial charge is 0.344 e. The first-order valence-corrected chi connectivity index (χ1v) is 12.3. The number of hydrogen-bond acceptors (Lipinski definition) is 6. The van der Waals surface area contributed by atoms with E-state index < -0.39 is 29.1 Å². The summed E-state index contributed by atoms with van der Waals surface area (Å²) < 4.78 is 33.6. The normalized spacial score (nSPS) is 16.3. The average Bonchev–Trinajstić information content (AvgIpc) is 3.03. The minimum absolute atomic E-state index is 0.0241. The highest BCUT2D eigenvalue weighted by atomic mass is 19.3. The van der Waals surface area contributed by atoms with E-state index in [0.717, 1.165) is 5.39 Å². The maximum atomic E-state index is 14.2. The van der Waals surface area contributed by atoms with Crippen molar-refractivity contribution in [3.05, 3.63) is 57.4 Å². The highest BCUT2D eigenvalue weighted by Crippen LogP contribution is 2.37. The lowest BCUT2D eigenvalue weighted by molar-refractivity contribution is -0.119. The minimum Gasteiger partial charge on any atom is -0.462 e. The molecule has 1 amide bonds. The number of pyridine rings is 2. The second-order valence-electron chi connectivity index (χ2n) is 9.34. The average molecular weight is 513 g/mol. The summed E-state index contributed by atoms with van der Waals surface area (Å²) in [6.07, 6.45) is -0.303. The van der Waals surface area contributed by atoms with E-state index in [4.69, 9.17) is 15.5 Å². The van der Waals surface area contributed by atoms with E-state index in [1.165, 1.54) is 6.92 Å². The topological polar surface area (TPSA) is 118 Å². The molecular weight excluding hydrogens is 482 g/mol. The Morgan fingerprint density at radius 3 is 2.68 bits per heavy atom. The van der Waals surface area contributed by atoms with Crippen LogP contribution in [0.15, 0.2) is 35.1 Å². The van der Waals surface area contributed by atoms with E-state index >= 15 is 0 Å². The van der Waals surface area contributed by atoms with Gasteiger partial charge in [-0.2, -0.15) is 0 Å². The number of alkyl halides is 2. The number of carbonyl (C=O) groups excluding carboxylic acids is 2. The van der Waals surface area contributed by atoms with Gasteiger partial charge in [-0.05, 0) is 39.3 Å². The number of halogens is 2. The van der Waals surface area contributed by atoms with Crippen molar-refractivity contribution < 1.29 is 23.1 Å². The molecule has 1 aromatic carbocycles. The first-order valence-electron chi connectivity index (χ1n) is 12.3. The molecule has 0 aliphatic carbocycles. The van der Waals surface area contributed by atoms with Crippen molar-refractivity contribution in [3.8, 4) is 11.3 Å². The van der Waals surface area contributed by atoms with Crippen molar-refractivity contribution >= 4 is 28.6 Å². The maximum Gasteiger partial charge on any atom is 0.344 e. The van der Waals surface area contributed by atoms with Crippen LogP contribution in [0.1, 0.15) is 60.6 Å². The standard InChI is InChI=1S/C27H30F2N4O4/c1-4-37-26(36)21-22(31-16(3)20(23(21)34)15(2)24(30)35)18-14-17-8-5-6-9-19(17)32-25(18)33-12-7-10-27(28,29)11-13-33/h5-6,8-9,14-15H,4,7,10-13H2,1-3H3,(H2,30,35)(H,31,34). The number of benzene rings is 1. The molecule has 1 atom stereocenters. The molecule has 10 heteroatoms. The van der Waals surface area contributed by atoms with Gasteiger partial charge in [-0.15, -0.1) is 0 Å². The number of H-pyrrole nitrogens is 1. The van der Waals surface area contributed by atoms with Gasteiger partial charge in [0.15, 0.2) is 0 Å². The summed E-state index contributed by atoms with van der Waals surface area (Å²) in [6.45, 7) is 5.15. The summed E-state index contributed by atoms with van der Waals surface area (Å²) in [6, 6.07) is 9.09. The largest absolute Gasteiger partial charge is 0.462 e. The fourth-order valence-corrected chi connectivity index (χ4v) is 4.81. The van der Waals surface area contributed by atoms with Crippen molar-refractivity contribution in [2.24, 2.45) is 5.73 Å².